The zero-order valence-electron chi connectivity index (χ0n) is 17.9. The first-order valence-electron chi connectivity index (χ1n) is 11.0. The molecular weight excluding hydrogens is 390 g/mol. The SMILES string of the molecule is CCCCOc1cccc(-c2ccc3cc(C(=O)N4CCOCC4CO)ccc3c2)c1. The quantitative estimate of drug-likeness (QED) is 0.572. The van der Waals surface area contributed by atoms with Crippen LogP contribution in [0.5, 0.6) is 5.75 Å². The summed E-state index contributed by atoms with van der Waals surface area (Å²) in [4.78, 5) is 14.7. The smallest absolute Gasteiger partial charge is 0.254 e. The minimum absolute atomic E-state index is 0.0646. The van der Waals surface area contributed by atoms with Gasteiger partial charge in [-0.25, -0.2) is 0 Å². The van der Waals surface area contributed by atoms with E-state index in [4.69, 9.17) is 9.47 Å². The van der Waals surface area contributed by atoms with E-state index in [1.165, 1.54) is 0 Å². The van der Waals surface area contributed by atoms with E-state index in [0.29, 0.717) is 25.3 Å². The van der Waals surface area contributed by atoms with E-state index in [1.54, 1.807) is 4.90 Å². The Kier molecular flexibility index (Phi) is 6.85. The Morgan fingerprint density at radius 2 is 1.90 bits per heavy atom. The lowest BCUT2D eigenvalue weighted by atomic mass is 9.99. The van der Waals surface area contributed by atoms with Gasteiger partial charge >= 0.3 is 0 Å². The number of benzene rings is 3. The first-order chi connectivity index (χ1) is 15.2. The van der Waals surface area contributed by atoms with Crippen molar-refractivity contribution in [2.45, 2.75) is 25.8 Å². The molecule has 0 aliphatic carbocycles. The van der Waals surface area contributed by atoms with Crippen LogP contribution in [-0.4, -0.2) is 54.9 Å². The number of morpholine rings is 1. The van der Waals surface area contributed by atoms with Crippen molar-refractivity contribution < 1.29 is 19.4 Å². The number of carbonyl (C=O) groups is 1. The number of hydrogen-bond acceptors (Lipinski definition) is 4. The summed E-state index contributed by atoms with van der Waals surface area (Å²) in [6.07, 6.45) is 2.16. The van der Waals surface area contributed by atoms with Crippen LogP contribution in [0, 0.1) is 0 Å². The van der Waals surface area contributed by atoms with E-state index in [1.807, 2.05) is 30.3 Å². The molecule has 0 bridgehead atoms. The maximum absolute atomic E-state index is 13.0. The number of aliphatic hydroxyl groups is 1. The van der Waals surface area contributed by atoms with E-state index >= 15 is 0 Å². The summed E-state index contributed by atoms with van der Waals surface area (Å²) in [7, 11) is 0. The molecular formula is C26H29NO4. The molecule has 1 aliphatic rings. The number of amides is 1. The van der Waals surface area contributed by atoms with Crippen molar-refractivity contribution in [1.82, 2.24) is 4.90 Å². The summed E-state index contributed by atoms with van der Waals surface area (Å²) < 4.78 is 11.2. The third-order valence-electron chi connectivity index (χ3n) is 5.72. The number of nitrogens with zero attached hydrogens (tertiary/aromatic N) is 1. The molecule has 1 aliphatic heterocycles. The van der Waals surface area contributed by atoms with Gasteiger partial charge in [0.1, 0.15) is 5.75 Å². The molecule has 1 heterocycles. The minimum atomic E-state index is -0.286. The van der Waals surface area contributed by atoms with Crippen LogP contribution < -0.4 is 4.74 Å². The molecule has 3 aromatic rings. The van der Waals surface area contributed by atoms with Gasteiger partial charge in [0, 0.05) is 12.1 Å². The highest BCUT2D eigenvalue weighted by Gasteiger charge is 2.27. The third-order valence-corrected chi connectivity index (χ3v) is 5.72. The highest BCUT2D eigenvalue weighted by atomic mass is 16.5. The van der Waals surface area contributed by atoms with E-state index in [-0.39, 0.29) is 18.6 Å². The summed E-state index contributed by atoms with van der Waals surface area (Å²) in [5.41, 5.74) is 2.85. The zero-order valence-corrected chi connectivity index (χ0v) is 17.9. The lowest BCUT2D eigenvalue weighted by Gasteiger charge is -2.34. The number of hydrogen-bond donors (Lipinski definition) is 1. The van der Waals surface area contributed by atoms with Crippen LogP contribution >= 0.6 is 0 Å². The second-order valence-electron chi connectivity index (χ2n) is 7.92. The van der Waals surface area contributed by atoms with Crippen LogP contribution in [-0.2, 0) is 4.74 Å². The highest BCUT2D eigenvalue weighted by molar-refractivity contribution is 5.99. The van der Waals surface area contributed by atoms with Gasteiger partial charge < -0.3 is 19.5 Å². The van der Waals surface area contributed by atoms with Gasteiger partial charge in [-0.2, -0.15) is 0 Å². The molecule has 3 aromatic carbocycles. The molecule has 1 N–H and O–H groups in total. The molecule has 1 amide bonds. The Hall–Kier alpha value is -2.89. The number of unbranched alkanes of at least 4 members (excludes halogenated alkanes) is 1. The first-order valence-corrected chi connectivity index (χ1v) is 11.0. The average molecular weight is 420 g/mol. The summed E-state index contributed by atoms with van der Waals surface area (Å²) in [6.45, 7) is 4.16. The second-order valence-corrected chi connectivity index (χ2v) is 7.92. The second kappa shape index (κ2) is 9.94. The molecule has 0 saturated carbocycles. The lowest BCUT2D eigenvalue weighted by molar-refractivity contribution is -0.0183. The number of fused-ring (bicyclic) bond motifs is 1. The fourth-order valence-corrected chi connectivity index (χ4v) is 3.90. The van der Waals surface area contributed by atoms with Crippen molar-refractivity contribution in [3.63, 3.8) is 0 Å². The molecule has 31 heavy (non-hydrogen) atoms. The summed E-state index contributed by atoms with van der Waals surface area (Å²) in [5, 5.41) is 11.7. The molecule has 0 radical (unpaired) electrons. The van der Waals surface area contributed by atoms with Crippen LogP contribution in [0.3, 0.4) is 0 Å². The fraction of sp³-hybridized carbons (Fsp3) is 0.346. The molecule has 0 spiro atoms. The monoisotopic (exact) mass is 419 g/mol. The summed E-state index contributed by atoms with van der Waals surface area (Å²) in [6, 6.07) is 19.9. The maximum Gasteiger partial charge on any atom is 0.254 e. The maximum atomic E-state index is 13.0. The molecule has 5 nitrogen and oxygen atoms in total. The molecule has 4 rings (SSSR count). The Labute approximate surface area is 183 Å². The minimum Gasteiger partial charge on any atom is -0.494 e. The molecule has 1 atom stereocenters. The van der Waals surface area contributed by atoms with Crippen LogP contribution in [0.1, 0.15) is 30.1 Å². The molecule has 1 saturated heterocycles. The summed E-state index contributed by atoms with van der Waals surface area (Å²) >= 11 is 0. The van der Waals surface area contributed by atoms with Crippen LogP contribution in [0.25, 0.3) is 21.9 Å². The van der Waals surface area contributed by atoms with Gasteiger partial charge in [0.25, 0.3) is 5.91 Å². The number of rotatable bonds is 7. The number of aliphatic hydroxyl groups excluding tert-OH is 1. The number of carbonyl (C=O) groups excluding carboxylic acids is 1. The predicted octanol–water partition coefficient (Wildman–Crippen LogP) is 4.52. The van der Waals surface area contributed by atoms with Crippen molar-refractivity contribution in [2.75, 3.05) is 33.0 Å². The predicted molar refractivity (Wildman–Crippen MR) is 123 cm³/mol. The zero-order chi connectivity index (χ0) is 21.6. The van der Waals surface area contributed by atoms with Gasteiger partial charge in [-0.3, -0.25) is 4.79 Å². The van der Waals surface area contributed by atoms with Gasteiger partial charge in [0.15, 0.2) is 0 Å². The summed E-state index contributed by atoms with van der Waals surface area (Å²) in [5.74, 6) is 0.821. The van der Waals surface area contributed by atoms with E-state index < -0.39 is 0 Å². The van der Waals surface area contributed by atoms with Crippen molar-refractivity contribution >= 4 is 16.7 Å². The Morgan fingerprint density at radius 3 is 2.74 bits per heavy atom. The fourth-order valence-electron chi connectivity index (χ4n) is 3.90. The van der Waals surface area contributed by atoms with E-state index in [9.17, 15) is 9.90 Å². The molecule has 1 fully saturated rings. The van der Waals surface area contributed by atoms with Crippen molar-refractivity contribution in [1.29, 1.82) is 0 Å². The van der Waals surface area contributed by atoms with E-state index in [0.717, 1.165) is 47.1 Å². The van der Waals surface area contributed by atoms with Crippen LogP contribution in [0.2, 0.25) is 0 Å². The molecule has 5 heteroatoms. The highest BCUT2D eigenvalue weighted by Crippen LogP contribution is 2.28. The van der Waals surface area contributed by atoms with Crippen LogP contribution in [0.4, 0.5) is 0 Å². The topological polar surface area (TPSA) is 59.0 Å². The van der Waals surface area contributed by atoms with Gasteiger partial charge in [-0.1, -0.05) is 43.7 Å². The number of ether oxygens (including phenoxy) is 2. The third kappa shape index (κ3) is 4.89. The normalized spacial score (nSPS) is 16.5. The first kappa shape index (κ1) is 21.3. The average Bonchev–Trinajstić information content (AvgIpc) is 2.83. The van der Waals surface area contributed by atoms with Gasteiger partial charge in [-0.05, 0) is 58.7 Å². The molecule has 162 valence electrons. The van der Waals surface area contributed by atoms with Crippen molar-refractivity contribution in [3.8, 4) is 16.9 Å². The standard InChI is InChI=1S/C26H29NO4/c1-2-3-12-31-25-6-4-5-19(16-25)20-7-8-22-15-23(10-9-21(22)14-20)26(29)27-11-13-30-18-24(27)17-28/h4-10,14-16,24,28H,2-3,11-13,17-18H2,1H3. The Morgan fingerprint density at radius 1 is 1.10 bits per heavy atom. The van der Waals surface area contributed by atoms with Gasteiger partial charge in [-0.15, -0.1) is 0 Å². The van der Waals surface area contributed by atoms with Crippen LogP contribution in [0.15, 0.2) is 60.7 Å². The van der Waals surface area contributed by atoms with E-state index in [2.05, 4.69) is 37.3 Å². The Bertz CT molecular complexity index is 1050. The van der Waals surface area contributed by atoms with Crippen molar-refractivity contribution in [2.24, 2.45) is 0 Å². The Balaban J connectivity index is 1.56. The molecule has 1 unspecified atom stereocenters. The lowest BCUT2D eigenvalue weighted by Crippen LogP contribution is -2.50. The molecule has 0 aromatic heterocycles. The van der Waals surface area contributed by atoms with Crippen molar-refractivity contribution in [3.05, 3.63) is 66.2 Å². The van der Waals surface area contributed by atoms with Gasteiger partial charge in [0.2, 0.25) is 0 Å². The van der Waals surface area contributed by atoms with Gasteiger partial charge in [0.05, 0.1) is 32.5 Å². The largest absolute Gasteiger partial charge is 0.494 e.